The molecule has 1 fully saturated rings. The maximum Gasteiger partial charge on any atom is 0.0865 e. The number of aromatic nitrogens is 1. The van der Waals surface area contributed by atoms with Gasteiger partial charge in [-0.1, -0.05) is 19.1 Å². The van der Waals surface area contributed by atoms with Crippen LogP contribution in [0.25, 0.3) is 10.9 Å². The van der Waals surface area contributed by atoms with Gasteiger partial charge < -0.3 is 14.8 Å². The van der Waals surface area contributed by atoms with Crippen molar-refractivity contribution in [3.05, 3.63) is 35.0 Å². The average Bonchev–Trinajstić information content (AvgIpc) is 2.95. The van der Waals surface area contributed by atoms with Gasteiger partial charge in [0.2, 0.25) is 0 Å². The Bertz CT molecular complexity index is 724. The van der Waals surface area contributed by atoms with Crippen LogP contribution < -0.4 is 0 Å². The van der Waals surface area contributed by atoms with Gasteiger partial charge in [0.15, 0.2) is 0 Å². The third-order valence-corrected chi connectivity index (χ3v) is 5.93. The van der Waals surface area contributed by atoms with Crippen molar-refractivity contribution < 1.29 is 9.84 Å². The quantitative estimate of drug-likeness (QED) is 0.887. The number of hydrogen-bond donors (Lipinski definition) is 2. The molecule has 4 nitrogen and oxygen atoms in total. The SMILES string of the molecule is CCCN1C[C@H](CO)C[C@@H]2c3cccc4[nH]c(COC)c(c34)C[C@H]21. The molecule has 1 saturated heterocycles. The number of rotatable bonds is 5. The molecular weight excluding hydrogens is 300 g/mol. The molecule has 2 aromatic rings. The number of hydrogen-bond acceptors (Lipinski definition) is 3. The van der Waals surface area contributed by atoms with E-state index in [4.69, 9.17) is 4.74 Å². The zero-order valence-electron chi connectivity index (χ0n) is 14.7. The first-order valence-corrected chi connectivity index (χ1v) is 9.23. The minimum absolute atomic E-state index is 0.300. The Labute approximate surface area is 143 Å². The summed E-state index contributed by atoms with van der Waals surface area (Å²) in [5.41, 5.74) is 5.39. The summed E-state index contributed by atoms with van der Waals surface area (Å²) in [5, 5.41) is 11.2. The molecule has 130 valence electrons. The van der Waals surface area contributed by atoms with Crippen LogP contribution in [-0.2, 0) is 17.8 Å². The molecule has 1 aromatic heterocycles. The summed E-state index contributed by atoms with van der Waals surface area (Å²) >= 11 is 0. The molecule has 0 unspecified atom stereocenters. The molecular formula is C20H28N2O2. The fourth-order valence-electron chi connectivity index (χ4n) is 5.01. The number of aromatic amines is 1. The topological polar surface area (TPSA) is 48.5 Å². The van der Waals surface area contributed by atoms with E-state index >= 15 is 0 Å². The molecule has 4 heteroatoms. The van der Waals surface area contributed by atoms with Gasteiger partial charge in [0, 0.05) is 48.8 Å². The molecule has 1 aromatic carbocycles. The van der Waals surface area contributed by atoms with Crippen molar-refractivity contribution in [1.82, 2.24) is 9.88 Å². The fourth-order valence-corrected chi connectivity index (χ4v) is 5.01. The normalized spacial score (nSPS) is 26.7. The summed E-state index contributed by atoms with van der Waals surface area (Å²) in [5.74, 6) is 0.928. The van der Waals surface area contributed by atoms with E-state index in [0.717, 1.165) is 32.4 Å². The maximum absolute atomic E-state index is 9.78. The van der Waals surface area contributed by atoms with E-state index in [9.17, 15) is 5.11 Å². The van der Waals surface area contributed by atoms with Gasteiger partial charge in [-0.2, -0.15) is 0 Å². The highest BCUT2D eigenvalue weighted by atomic mass is 16.5. The average molecular weight is 328 g/mol. The first-order valence-electron chi connectivity index (χ1n) is 9.23. The van der Waals surface area contributed by atoms with Crippen LogP contribution in [0.2, 0.25) is 0 Å². The van der Waals surface area contributed by atoms with Gasteiger partial charge in [0.05, 0.1) is 6.61 Å². The van der Waals surface area contributed by atoms with E-state index in [1.165, 1.54) is 27.7 Å². The van der Waals surface area contributed by atoms with Crippen LogP contribution in [0.3, 0.4) is 0 Å². The Morgan fingerprint density at radius 2 is 2.25 bits per heavy atom. The van der Waals surface area contributed by atoms with Crippen LogP contribution in [0.1, 0.15) is 42.5 Å². The number of H-pyrrole nitrogens is 1. The highest BCUT2D eigenvalue weighted by Gasteiger charge is 2.40. The van der Waals surface area contributed by atoms with Crippen molar-refractivity contribution in [2.45, 2.75) is 44.8 Å². The number of ether oxygens (including phenoxy) is 1. The van der Waals surface area contributed by atoms with E-state index in [2.05, 4.69) is 35.0 Å². The van der Waals surface area contributed by atoms with Gasteiger partial charge in [0.25, 0.3) is 0 Å². The lowest BCUT2D eigenvalue weighted by molar-refractivity contribution is 0.0568. The second-order valence-electron chi connectivity index (χ2n) is 7.44. The molecule has 0 spiro atoms. The van der Waals surface area contributed by atoms with E-state index in [0.29, 0.717) is 31.1 Å². The van der Waals surface area contributed by atoms with Crippen molar-refractivity contribution in [2.75, 3.05) is 26.8 Å². The second kappa shape index (κ2) is 6.51. The Hall–Kier alpha value is -1.36. The molecule has 4 rings (SSSR count). The number of nitrogens with zero attached hydrogens (tertiary/aromatic N) is 1. The lowest BCUT2D eigenvalue weighted by atomic mass is 9.72. The van der Waals surface area contributed by atoms with Crippen LogP contribution in [0, 0.1) is 5.92 Å². The monoisotopic (exact) mass is 328 g/mol. The molecule has 1 aliphatic heterocycles. The largest absolute Gasteiger partial charge is 0.396 e. The minimum atomic E-state index is 0.300. The number of aliphatic hydroxyl groups is 1. The molecule has 2 N–H and O–H groups in total. The Morgan fingerprint density at radius 1 is 1.38 bits per heavy atom. The minimum Gasteiger partial charge on any atom is -0.396 e. The van der Waals surface area contributed by atoms with Gasteiger partial charge >= 0.3 is 0 Å². The van der Waals surface area contributed by atoms with Crippen molar-refractivity contribution in [3.63, 3.8) is 0 Å². The Morgan fingerprint density at radius 3 is 3.00 bits per heavy atom. The van der Waals surface area contributed by atoms with Gasteiger partial charge in [-0.25, -0.2) is 0 Å². The number of nitrogens with one attached hydrogen (secondary N) is 1. The molecule has 24 heavy (non-hydrogen) atoms. The highest BCUT2D eigenvalue weighted by Crippen LogP contribution is 2.45. The number of methoxy groups -OCH3 is 1. The van der Waals surface area contributed by atoms with E-state index in [1.807, 2.05) is 0 Å². The molecule has 2 aliphatic rings. The standard InChI is InChI=1S/C20H28N2O2/c1-3-7-22-10-13(11-23)8-15-14-5-4-6-17-20(14)16(9-19(15)22)18(21-17)12-24-2/h4-6,13,15,19,21,23H,3,7-12H2,1-2H3/t13-,15-,19-/m1/s1. The molecule has 3 atom stereocenters. The van der Waals surface area contributed by atoms with Crippen LogP contribution >= 0.6 is 0 Å². The van der Waals surface area contributed by atoms with E-state index < -0.39 is 0 Å². The number of fused-ring (bicyclic) bond motifs is 2. The predicted octanol–water partition coefficient (Wildman–Crippen LogP) is 3.05. The summed E-state index contributed by atoms with van der Waals surface area (Å²) in [6.45, 7) is 5.34. The predicted molar refractivity (Wildman–Crippen MR) is 96.3 cm³/mol. The van der Waals surface area contributed by atoms with Gasteiger partial charge in [0.1, 0.15) is 0 Å². The zero-order chi connectivity index (χ0) is 16.7. The molecule has 0 radical (unpaired) electrons. The Kier molecular flexibility index (Phi) is 4.37. The Balaban J connectivity index is 1.81. The van der Waals surface area contributed by atoms with Gasteiger partial charge in [-0.15, -0.1) is 0 Å². The van der Waals surface area contributed by atoms with E-state index in [-0.39, 0.29) is 0 Å². The lowest BCUT2D eigenvalue weighted by Gasteiger charge is -2.47. The summed E-state index contributed by atoms with van der Waals surface area (Å²) in [6.07, 6.45) is 3.36. The first kappa shape index (κ1) is 16.1. The van der Waals surface area contributed by atoms with Gasteiger partial charge in [-0.3, -0.25) is 4.90 Å². The van der Waals surface area contributed by atoms with Crippen LogP contribution in [0.4, 0.5) is 0 Å². The van der Waals surface area contributed by atoms with Crippen molar-refractivity contribution in [1.29, 1.82) is 0 Å². The van der Waals surface area contributed by atoms with Crippen molar-refractivity contribution in [2.24, 2.45) is 5.92 Å². The molecule has 0 saturated carbocycles. The molecule has 0 amide bonds. The summed E-state index contributed by atoms with van der Waals surface area (Å²) in [7, 11) is 1.76. The summed E-state index contributed by atoms with van der Waals surface area (Å²) < 4.78 is 5.43. The van der Waals surface area contributed by atoms with Crippen LogP contribution in [0.5, 0.6) is 0 Å². The van der Waals surface area contributed by atoms with Crippen molar-refractivity contribution in [3.8, 4) is 0 Å². The third-order valence-electron chi connectivity index (χ3n) is 5.93. The molecule has 2 heterocycles. The van der Waals surface area contributed by atoms with Crippen LogP contribution in [0.15, 0.2) is 18.2 Å². The zero-order valence-corrected chi connectivity index (χ0v) is 14.7. The molecule has 1 aliphatic carbocycles. The number of likely N-dealkylation sites (tertiary alicyclic amines) is 1. The lowest BCUT2D eigenvalue weighted by Crippen LogP contribution is -2.50. The van der Waals surface area contributed by atoms with Crippen molar-refractivity contribution >= 4 is 10.9 Å². The second-order valence-corrected chi connectivity index (χ2v) is 7.44. The summed E-state index contributed by atoms with van der Waals surface area (Å²) in [4.78, 5) is 6.21. The smallest absolute Gasteiger partial charge is 0.0865 e. The number of benzene rings is 1. The highest BCUT2D eigenvalue weighted by molar-refractivity contribution is 5.89. The van der Waals surface area contributed by atoms with E-state index in [1.54, 1.807) is 7.11 Å². The van der Waals surface area contributed by atoms with Crippen LogP contribution in [-0.4, -0.2) is 47.8 Å². The number of piperidine rings is 1. The first-order chi connectivity index (χ1) is 11.8. The van der Waals surface area contributed by atoms with Gasteiger partial charge in [-0.05, 0) is 48.9 Å². The molecule has 0 bridgehead atoms. The third kappa shape index (κ3) is 2.48. The maximum atomic E-state index is 9.78. The fraction of sp³-hybridized carbons (Fsp3) is 0.600. The summed E-state index contributed by atoms with van der Waals surface area (Å²) in [6, 6.07) is 7.20. The number of aliphatic hydroxyl groups excluding tert-OH is 1.